The van der Waals surface area contributed by atoms with Crippen molar-refractivity contribution in [2.45, 2.75) is 192 Å². The Hall–Kier alpha value is -0.780. The third kappa shape index (κ3) is 7.20. The molecule has 2 aliphatic heterocycles. The van der Waals surface area contributed by atoms with Crippen molar-refractivity contribution in [3.05, 3.63) is 11.6 Å². The number of hydrogen-bond acceptors (Lipinski definition) is 13. The second-order valence-corrected chi connectivity index (χ2v) is 20.1. The van der Waals surface area contributed by atoms with Gasteiger partial charge in [-0.15, -0.1) is 0 Å². The molecule has 0 radical (unpaired) electrons. The number of ether oxygens (including phenoxy) is 4. The molecule has 9 N–H and O–H groups in total. The summed E-state index contributed by atoms with van der Waals surface area (Å²) in [6, 6.07) is 0. The Morgan fingerprint density at radius 2 is 1.25 bits per heavy atom. The van der Waals surface area contributed by atoms with E-state index < -0.39 is 91.7 Å². The SMILES string of the molecule is CC(C)=CCC[C@](C)(O)[C@H]1CC[C@@]2(C)[C@@H]1[C@H](O[C@@H]1O[C@H](CO)[C@@H](O)[C@@H](O)[C@H]1O)C[C@@H]1[C@@]3(C)CCC(O[C@@H]4O[C@H](CO)[C@@H](O)[C@@H](O)[C@H]4O)C(C)(C)C3CC[C@]12C. The van der Waals surface area contributed by atoms with Crippen LogP contribution in [0.4, 0.5) is 0 Å². The summed E-state index contributed by atoms with van der Waals surface area (Å²) in [5.74, 6) is 0.0816. The van der Waals surface area contributed by atoms with Gasteiger partial charge in [-0.1, -0.05) is 46.3 Å². The average molecular weight is 785 g/mol. The maximum Gasteiger partial charge on any atom is 0.186 e. The van der Waals surface area contributed by atoms with Crippen LogP contribution >= 0.6 is 0 Å². The van der Waals surface area contributed by atoms with Crippen LogP contribution in [0.2, 0.25) is 0 Å². The van der Waals surface area contributed by atoms with E-state index in [4.69, 9.17) is 18.9 Å². The van der Waals surface area contributed by atoms with Gasteiger partial charge in [-0.2, -0.15) is 0 Å². The molecule has 0 spiro atoms. The van der Waals surface area contributed by atoms with E-state index in [1.165, 1.54) is 5.57 Å². The highest BCUT2D eigenvalue weighted by atomic mass is 16.7. The lowest BCUT2D eigenvalue weighted by Crippen LogP contribution is -2.68. The molecular formula is C42H72O13. The van der Waals surface area contributed by atoms with Crippen molar-refractivity contribution in [2.24, 2.45) is 45.3 Å². The smallest absolute Gasteiger partial charge is 0.186 e. The summed E-state index contributed by atoms with van der Waals surface area (Å²) < 4.78 is 25.2. The van der Waals surface area contributed by atoms with Gasteiger partial charge in [0.05, 0.1) is 31.0 Å². The average Bonchev–Trinajstić information content (AvgIpc) is 3.50. The van der Waals surface area contributed by atoms with Crippen LogP contribution in [-0.2, 0) is 18.9 Å². The molecule has 0 aromatic heterocycles. The molecule has 20 atom stereocenters. The van der Waals surface area contributed by atoms with Gasteiger partial charge < -0.3 is 64.9 Å². The van der Waals surface area contributed by atoms with Gasteiger partial charge in [-0.25, -0.2) is 0 Å². The van der Waals surface area contributed by atoms with Gasteiger partial charge in [0, 0.05) is 0 Å². The molecule has 13 heteroatoms. The standard InChI is InChI=1S/C42H72O13/c1-21(2)10-9-14-42(8,51)22-11-16-41(7)29(22)23(52-36-34(49)32(47)30(45)24(19-43)53-36)18-27-39(5)15-13-28(38(3,4)26(39)12-17-40(27,41)6)55-37-35(50)33(48)31(46)25(20-44)54-37/h10,22-37,43-51H,9,11-20H2,1-8H3/t22-,23+,24+,25+,26?,27+,28?,29-,30+,31+,32+,33+,34+,35+,36+,37-,39-,40+,41-,42-/m0/s1. The van der Waals surface area contributed by atoms with Crippen molar-refractivity contribution in [2.75, 3.05) is 13.2 Å². The van der Waals surface area contributed by atoms with E-state index in [2.05, 4.69) is 54.5 Å². The zero-order chi connectivity index (χ0) is 40.6. The zero-order valence-electron chi connectivity index (χ0n) is 34.3. The first-order chi connectivity index (χ1) is 25.6. The molecule has 55 heavy (non-hydrogen) atoms. The second-order valence-electron chi connectivity index (χ2n) is 20.1. The molecule has 4 saturated carbocycles. The first kappa shape index (κ1) is 43.8. The fraction of sp³-hybridized carbons (Fsp3) is 0.952. The third-order valence-electron chi connectivity index (χ3n) is 16.6. The van der Waals surface area contributed by atoms with Crippen molar-refractivity contribution in [1.29, 1.82) is 0 Å². The molecule has 2 heterocycles. The maximum absolute atomic E-state index is 12.3. The largest absolute Gasteiger partial charge is 0.394 e. The quantitative estimate of drug-likeness (QED) is 0.115. The first-order valence-electron chi connectivity index (χ1n) is 20.9. The Labute approximate surface area is 327 Å². The summed E-state index contributed by atoms with van der Waals surface area (Å²) in [5.41, 5.74) is -0.847. The van der Waals surface area contributed by atoms with E-state index in [0.29, 0.717) is 19.3 Å². The van der Waals surface area contributed by atoms with Crippen LogP contribution in [0.5, 0.6) is 0 Å². The highest BCUT2D eigenvalue weighted by Crippen LogP contribution is 2.76. The summed E-state index contributed by atoms with van der Waals surface area (Å²) in [7, 11) is 0. The monoisotopic (exact) mass is 784 g/mol. The Kier molecular flexibility index (Phi) is 12.5. The molecule has 4 aliphatic carbocycles. The van der Waals surface area contributed by atoms with Crippen molar-refractivity contribution in [3.8, 4) is 0 Å². The third-order valence-corrected chi connectivity index (χ3v) is 16.6. The van der Waals surface area contributed by atoms with Gasteiger partial charge in [0.25, 0.3) is 0 Å². The Balaban J connectivity index is 1.33. The highest BCUT2D eigenvalue weighted by molar-refractivity contribution is 5.20. The molecule has 6 rings (SSSR count). The minimum absolute atomic E-state index is 0.109. The van der Waals surface area contributed by atoms with Crippen LogP contribution in [0.1, 0.15) is 113 Å². The molecular weight excluding hydrogens is 712 g/mol. The molecule has 13 nitrogen and oxygen atoms in total. The lowest BCUT2D eigenvalue weighted by atomic mass is 9.35. The minimum Gasteiger partial charge on any atom is -0.394 e. The zero-order valence-corrected chi connectivity index (χ0v) is 34.3. The van der Waals surface area contributed by atoms with Crippen molar-refractivity contribution in [3.63, 3.8) is 0 Å². The van der Waals surface area contributed by atoms with Gasteiger partial charge in [0.1, 0.15) is 48.8 Å². The molecule has 2 unspecified atom stereocenters. The molecule has 6 fully saturated rings. The van der Waals surface area contributed by atoms with Gasteiger partial charge in [0.2, 0.25) is 0 Å². The van der Waals surface area contributed by atoms with E-state index in [-0.39, 0.29) is 46.0 Å². The Morgan fingerprint density at radius 1 is 0.709 bits per heavy atom. The van der Waals surface area contributed by atoms with Gasteiger partial charge >= 0.3 is 0 Å². The lowest BCUT2D eigenvalue weighted by Gasteiger charge is -2.71. The highest BCUT2D eigenvalue weighted by Gasteiger charge is 2.72. The van der Waals surface area contributed by atoms with E-state index in [1.54, 1.807) is 0 Å². The lowest BCUT2D eigenvalue weighted by molar-refractivity contribution is -0.342. The van der Waals surface area contributed by atoms with Crippen LogP contribution < -0.4 is 0 Å². The summed E-state index contributed by atoms with van der Waals surface area (Å²) in [5, 5.41) is 96.4. The summed E-state index contributed by atoms with van der Waals surface area (Å²) in [4.78, 5) is 0. The summed E-state index contributed by atoms with van der Waals surface area (Å²) >= 11 is 0. The van der Waals surface area contributed by atoms with Crippen molar-refractivity contribution in [1.82, 2.24) is 0 Å². The topological polar surface area (TPSA) is 219 Å². The number of rotatable bonds is 10. The second kappa shape index (κ2) is 15.7. The molecule has 2 saturated heterocycles. The molecule has 6 aliphatic rings. The van der Waals surface area contributed by atoms with Crippen LogP contribution in [0.3, 0.4) is 0 Å². The van der Waals surface area contributed by atoms with E-state index in [0.717, 1.165) is 38.5 Å². The van der Waals surface area contributed by atoms with E-state index in [1.807, 2.05) is 6.92 Å². The normalized spacial score (nSPS) is 52.0. The van der Waals surface area contributed by atoms with E-state index in [9.17, 15) is 46.0 Å². The number of aliphatic hydroxyl groups is 9. The summed E-state index contributed by atoms with van der Waals surface area (Å²) in [6.45, 7) is 16.5. The molecule has 0 bridgehead atoms. The number of allylic oxidation sites excluding steroid dienone is 2. The van der Waals surface area contributed by atoms with Crippen molar-refractivity contribution < 1.29 is 64.9 Å². The number of fused-ring (bicyclic) bond motifs is 5. The molecule has 318 valence electrons. The fourth-order valence-electron chi connectivity index (χ4n) is 13.3. The first-order valence-corrected chi connectivity index (χ1v) is 20.9. The van der Waals surface area contributed by atoms with Crippen LogP contribution in [0.15, 0.2) is 11.6 Å². The van der Waals surface area contributed by atoms with Crippen LogP contribution in [0, 0.1) is 45.3 Å². The Bertz CT molecular complexity index is 1370. The maximum atomic E-state index is 12.3. The molecule has 0 aromatic rings. The predicted octanol–water partition coefficient (Wildman–Crippen LogP) is 2.15. The molecule has 0 amide bonds. The van der Waals surface area contributed by atoms with Crippen LogP contribution in [-0.4, -0.2) is 138 Å². The van der Waals surface area contributed by atoms with Crippen LogP contribution in [0.25, 0.3) is 0 Å². The number of aliphatic hydroxyl groups excluding tert-OH is 8. The van der Waals surface area contributed by atoms with Gasteiger partial charge in [-0.05, 0) is 124 Å². The number of hydrogen-bond donors (Lipinski definition) is 9. The van der Waals surface area contributed by atoms with Crippen molar-refractivity contribution >= 4 is 0 Å². The summed E-state index contributed by atoms with van der Waals surface area (Å²) in [6.07, 6.45) is -5.51. The van der Waals surface area contributed by atoms with Gasteiger partial charge in [-0.3, -0.25) is 0 Å². The van der Waals surface area contributed by atoms with Gasteiger partial charge in [0.15, 0.2) is 12.6 Å². The predicted molar refractivity (Wildman–Crippen MR) is 201 cm³/mol. The minimum atomic E-state index is -1.57. The Morgan fingerprint density at radius 3 is 1.80 bits per heavy atom. The molecule has 0 aromatic carbocycles. The van der Waals surface area contributed by atoms with E-state index >= 15 is 0 Å². The fourth-order valence-corrected chi connectivity index (χ4v) is 13.3.